The molecule has 1 atom stereocenters. The summed E-state index contributed by atoms with van der Waals surface area (Å²) in [4.78, 5) is 4.72. The van der Waals surface area contributed by atoms with Crippen molar-refractivity contribution in [2.24, 2.45) is 4.99 Å². The predicted molar refractivity (Wildman–Crippen MR) is 94.2 cm³/mol. The molecule has 1 aromatic carbocycles. The molecular weight excluding hydrogens is 290 g/mol. The molecule has 0 spiro atoms. The van der Waals surface area contributed by atoms with Crippen LogP contribution in [0.25, 0.3) is 0 Å². The first-order valence-electron chi connectivity index (χ1n) is 8.51. The molecule has 23 heavy (non-hydrogen) atoms. The van der Waals surface area contributed by atoms with Crippen LogP contribution in [0, 0.1) is 0 Å². The zero-order valence-corrected chi connectivity index (χ0v) is 14.3. The summed E-state index contributed by atoms with van der Waals surface area (Å²) in [5, 5.41) is 6.67. The van der Waals surface area contributed by atoms with Crippen molar-refractivity contribution in [3.8, 4) is 0 Å². The summed E-state index contributed by atoms with van der Waals surface area (Å²) in [5.41, 5.74) is 2.93. The number of nitrogens with one attached hydrogen (secondary N) is 2. The number of ether oxygens (including phenoxy) is 2. The van der Waals surface area contributed by atoms with Crippen LogP contribution in [0.15, 0.2) is 29.3 Å². The van der Waals surface area contributed by atoms with Gasteiger partial charge in [0.1, 0.15) is 0 Å². The molecule has 2 rings (SSSR count). The second-order valence-electron chi connectivity index (χ2n) is 5.70. The van der Waals surface area contributed by atoms with Gasteiger partial charge in [0.05, 0.1) is 13.2 Å². The largest absolute Gasteiger partial charge is 0.382 e. The Morgan fingerprint density at radius 1 is 1.22 bits per heavy atom. The molecule has 5 heteroatoms. The highest BCUT2D eigenvalue weighted by Crippen LogP contribution is 2.34. The molecule has 128 valence electrons. The molecule has 0 amide bonds. The third-order valence-electron chi connectivity index (χ3n) is 3.96. The minimum absolute atomic E-state index is 0.569. The topological polar surface area (TPSA) is 54.9 Å². The Bertz CT molecular complexity index is 491. The van der Waals surface area contributed by atoms with Crippen LogP contribution in [0.5, 0.6) is 0 Å². The van der Waals surface area contributed by atoms with Crippen LogP contribution in [0.1, 0.15) is 30.4 Å². The van der Waals surface area contributed by atoms with Gasteiger partial charge in [0, 0.05) is 39.3 Å². The highest BCUT2D eigenvalue weighted by molar-refractivity contribution is 5.79. The molecule has 0 bridgehead atoms. The van der Waals surface area contributed by atoms with Gasteiger partial charge < -0.3 is 20.1 Å². The number of fused-ring (bicyclic) bond motifs is 1. The monoisotopic (exact) mass is 319 g/mol. The lowest BCUT2D eigenvalue weighted by molar-refractivity contribution is 0.0698. The number of rotatable bonds is 10. The number of hydrogen-bond donors (Lipinski definition) is 2. The van der Waals surface area contributed by atoms with E-state index in [1.807, 2.05) is 0 Å². The normalized spacial score (nSPS) is 16.6. The van der Waals surface area contributed by atoms with Crippen LogP contribution in [0.2, 0.25) is 0 Å². The van der Waals surface area contributed by atoms with E-state index in [0.29, 0.717) is 19.1 Å². The Morgan fingerprint density at radius 2 is 2.09 bits per heavy atom. The van der Waals surface area contributed by atoms with Crippen molar-refractivity contribution in [1.29, 1.82) is 0 Å². The molecule has 1 aliphatic carbocycles. The van der Waals surface area contributed by atoms with Crippen LogP contribution < -0.4 is 10.6 Å². The fourth-order valence-corrected chi connectivity index (χ4v) is 2.69. The number of guanidine groups is 1. The van der Waals surface area contributed by atoms with Gasteiger partial charge in [-0.2, -0.15) is 0 Å². The third kappa shape index (κ3) is 5.84. The molecule has 0 heterocycles. The van der Waals surface area contributed by atoms with Crippen LogP contribution in [0.3, 0.4) is 0 Å². The maximum Gasteiger partial charge on any atom is 0.191 e. The fourth-order valence-electron chi connectivity index (χ4n) is 2.69. The molecule has 5 nitrogen and oxygen atoms in total. The smallest absolute Gasteiger partial charge is 0.191 e. The Hall–Kier alpha value is -1.59. The van der Waals surface area contributed by atoms with Crippen LogP contribution in [0.4, 0.5) is 0 Å². The second kappa shape index (κ2) is 10.2. The van der Waals surface area contributed by atoms with E-state index in [-0.39, 0.29) is 0 Å². The highest BCUT2D eigenvalue weighted by atomic mass is 16.5. The highest BCUT2D eigenvalue weighted by Gasteiger charge is 2.24. The van der Waals surface area contributed by atoms with E-state index in [2.05, 4.69) is 41.8 Å². The molecule has 0 aliphatic heterocycles. The average Bonchev–Trinajstić information content (AvgIpc) is 2.54. The van der Waals surface area contributed by atoms with Crippen molar-refractivity contribution in [2.45, 2.75) is 25.7 Å². The van der Waals surface area contributed by atoms with E-state index in [0.717, 1.165) is 45.0 Å². The molecule has 1 aliphatic rings. The van der Waals surface area contributed by atoms with Gasteiger partial charge in [-0.1, -0.05) is 24.3 Å². The van der Waals surface area contributed by atoms with Crippen molar-refractivity contribution >= 4 is 5.96 Å². The van der Waals surface area contributed by atoms with Crippen molar-refractivity contribution in [3.05, 3.63) is 35.4 Å². The minimum atomic E-state index is 0.569. The van der Waals surface area contributed by atoms with E-state index in [1.165, 1.54) is 11.1 Å². The van der Waals surface area contributed by atoms with E-state index < -0.39 is 0 Å². The number of aliphatic imine (C=N–C) groups is 1. The van der Waals surface area contributed by atoms with E-state index in [1.54, 1.807) is 7.11 Å². The van der Waals surface area contributed by atoms with Gasteiger partial charge in [-0.15, -0.1) is 0 Å². The van der Waals surface area contributed by atoms with E-state index in [9.17, 15) is 0 Å². The molecule has 2 N–H and O–H groups in total. The first-order chi connectivity index (χ1) is 11.3. The lowest BCUT2D eigenvalue weighted by atomic mass is 9.78. The lowest BCUT2D eigenvalue weighted by Gasteiger charge is -2.28. The van der Waals surface area contributed by atoms with Crippen LogP contribution >= 0.6 is 0 Å². The van der Waals surface area contributed by atoms with Crippen molar-refractivity contribution < 1.29 is 9.47 Å². The summed E-state index contributed by atoms with van der Waals surface area (Å²) in [7, 11) is 1.69. The summed E-state index contributed by atoms with van der Waals surface area (Å²) < 4.78 is 10.4. The molecule has 1 unspecified atom stereocenters. The number of benzene rings is 1. The van der Waals surface area contributed by atoms with Gasteiger partial charge in [-0.3, -0.25) is 4.99 Å². The zero-order valence-electron chi connectivity index (χ0n) is 14.3. The Kier molecular flexibility index (Phi) is 7.90. The summed E-state index contributed by atoms with van der Waals surface area (Å²) in [5.74, 6) is 1.47. The summed E-state index contributed by atoms with van der Waals surface area (Å²) in [6.07, 6.45) is 2.10. The molecular formula is C18H29N3O2. The molecule has 0 fully saturated rings. The van der Waals surface area contributed by atoms with E-state index in [4.69, 9.17) is 14.5 Å². The maximum absolute atomic E-state index is 5.45. The Labute approximate surface area is 139 Å². The van der Waals surface area contributed by atoms with Gasteiger partial charge in [0.25, 0.3) is 0 Å². The van der Waals surface area contributed by atoms with Gasteiger partial charge in [-0.25, -0.2) is 0 Å². The molecule has 0 saturated carbocycles. The predicted octanol–water partition coefficient (Wildman–Crippen LogP) is 1.93. The van der Waals surface area contributed by atoms with Gasteiger partial charge in [0.2, 0.25) is 0 Å². The Balaban J connectivity index is 1.67. The molecule has 0 radical (unpaired) electrons. The summed E-state index contributed by atoms with van der Waals surface area (Å²) in [6, 6.07) is 8.65. The van der Waals surface area contributed by atoms with E-state index >= 15 is 0 Å². The van der Waals surface area contributed by atoms with Crippen LogP contribution in [-0.4, -0.2) is 52.5 Å². The first-order valence-corrected chi connectivity index (χ1v) is 8.51. The van der Waals surface area contributed by atoms with Gasteiger partial charge in [0.15, 0.2) is 5.96 Å². The number of methoxy groups -OCH3 is 1. The van der Waals surface area contributed by atoms with Gasteiger partial charge >= 0.3 is 0 Å². The first kappa shape index (κ1) is 17.8. The maximum atomic E-state index is 5.45. The number of hydrogen-bond acceptors (Lipinski definition) is 3. The van der Waals surface area contributed by atoms with Crippen molar-refractivity contribution in [3.63, 3.8) is 0 Å². The van der Waals surface area contributed by atoms with Crippen LogP contribution in [-0.2, 0) is 15.9 Å². The quantitative estimate of drug-likeness (QED) is 0.393. The van der Waals surface area contributed by atoms with Crippen molar-refractivity contribution in [1.82, 2.24) is 10.6 Å². The standard InChI is InChI=1S/C18H29N3O2/c1-3-19-18(20-9-6-10-23-12-11-22-2)21-14-16-13-15-7-4-5-8-17(15)16/h4-5,7-8,16H,3,6,9-14H2,1-2H3,(H2,19,20,21). The molecule has 0 aromatic heterocycles. The van der Waals surface area contributed by atoms with Gasteiger partial charge in [-0.05, 0) is 30.9 Å². The van der Waals surface area contributed by atoms with Crippen molar-refractivity contribution in [2.75, 3.05) is 46.6 Å². The number of nitrogens with zero attached hydrogens (tertiary/aromatic N) is 1. The third-order valence-corrected chi connectivity index (χ3v) is 3.96. The average molecular weight is 319 g/mol. The minimum Gasteiger partial charge on any atom is -0.382 e. The lowest BCUT2D eigenvalue weighted by Crippen LogP contribution is -2.38. The molecule has 1 aromatic rings. The second-order valence-corrected chi connectivity index (χ2v) is 5.70. The Morgan fingerprint density at radius 3 is 2.87 bits per heavy atom. The summed E-state index contributed by atoms with van der Waals surface area (Å²) in [6.45, 7) is 6.72. The fraction of sp³-hybridized carbons (Fsp3) is 0.611. The molecule has 0 saturated heterocycles. The summed E-state index contributed by atoms with van der Waals surface area (Å²) >= 11 is 0. The zero-order chi connectivity index (χ0) is 16.3. The SMILES string of the molecule is CCNC(=NCC1Cc2ccccc21)NCCCOCCOC.